The molecule has 0 fully saturated rings. The number of halogens is 2. The van der Waals surface area contributed by atoms with Crippen LogP contribution in [0.15, 0.2) is 18.2 Å². The average molecular weight is 257 g/mol. The third-order valence-electron chi connectivity index (χ3n) is 2.78. The molecule has 3 heteroatoms. The number of aryl methyl sites for hydroxylation is 1. The Morgan fingerprint density at radius 1 is 1.24 bits per heavy atom. The summed E-state index contributed by atoms with van der Waals surface area (Å²) in [4.78, 5) is 11.7. The van der Waals surface area contributed by atoms with Gasteiger partial charge in [0.25, 0.3) is 0 Å². The molecule has 1 rings (SSSR count). The van der Waals surface area contributed by atoms with Gasteiger partial charge < -0.3 is 0 Å². The molecular weight excluding hydrogens is 239 g/mol. The van der Waals surface area contributed by atoms with Gasteiger partial charge in [0.05, 0.1) is 0 Å². The molecule has 0 aliphatic heterocycles. The zero-order valence-corrected chi connectivity index (χ0v) is 10.9. The Hall–Kier alpha value is -0.890. The van der Waals surface area contributed by atoms with Crippen molar-refractivity contribution in [3.05, 3.63) is 35.1 Å². The van der Waals surface area contributed by atoms with Crippen LogP contribution in [0.1, 0.15) is 48.0 Å². The molecule has 0 heterocycles. The average Bonchev–Trinajstić information content (AvgIpc) is 2.32. The van der Waals surface area contributed by atoms with Gasteiger partial charge in [-0.1, -0.05) is 25.0 Å². The molecule has 0 unspecified atom stereocenters. The van der Waals surface area contributed by atoms with Gasteiger partial charge in [-0.2, -0.15) is 0 Å². The van der Waals surface area contributed by atoms with Crippen LogP contribution in [-0.4, -0.2) is 11.7 Å². The van der Waals surface area contributed by atoms with Crippen molar-refractivity contribution >= 4 is 17.4 Å². The molecule has 0 atom stereocenters. The van der Waals surface area contributed by atoms with Crippen LogP contribution in [0.3, 0.4) is 0 Å². The number of carbonyl (C=O) groups excluding carboxylic acids is 1. The molecular formula is C14H18ClFO. The molecule has 0 spiro atoms. The molecule has 0 aromatic heterocycles. The van der Waals surface area contributed by atoms with Gasteiger partial charge in [0.15, 0.2) is 5.78 Å². The van der Waals surface area contributed by atoms with Gasteiger partial charge >= 0.3 is 0 Å². The standard InChI is InChI=1S/C14H18ClFO/c1-11-7-8-12(10-13(11)16)14(17)6-4-2-3-5-9-15/h7-8,10H,2-6,9H2,1H3. The predicted octanol–water partition coefficient (Wildman–Crippen LogP) is 4.51. The molecule has 0 bridgehead atoms. The van der Waals surface area contributed by atoms with Crippen molar-refractivity contribution < 1.29 is 9.18 Å². The van der Waals surface area contributed by atoms with Crippen molar-refractivity contribution in [2.24, 2.45) is 0 Å². The lowest BCUT2D eigenvalue weighted by Gasteiger charge is -2.03. The van der Waals surface area contributed by atoms with Crippen molar-refractivity contribution in [3.63, 3.8) is 0 Å². The smallest absolute Gasteiger partial charge is 0.162 e. The van der Waals surface area contributed by atoms with E-state index < -0.39 is 0 Å². The molecule has 0 aliphatic carbocycles. The SMILES string of the molecule is Cc1ccc(C(=O)CCCCCCCl)cc1F. The van der Waals surface area contributed by atoms with Crippen LogP contribution in [0.25, 0.3) is 0 Å². The van der Waals surface area contributed by atoms with Crippen molar-refractivity contribution in [1.82, 2.24) is 0 Å². The van der Waals surface area contributed by atoms with Crippen molar-refractivity contribution in [2.45, 2.75) is 39.0 Å². The van der Waals surface area contributed by atoms with Crippen LogP contribution in [0.5, 0.6) is 0 Å². The van der Waals surface area contributed by atoms with E-state index in [1.807, 2.05) is 0 Å². The van der Waals surface area contributed by atoms with Crippen molar-refractivity contribution in [1.29, 1.82) is 0 Å². The Morgan fingerprint density at radius 3 is 2.59 bits per heavy atom. The van der Waals surface area contributed by atoms with E-state index in [1.165, 1.54) is 6.07 Å². The molecule has 1 nitrogen and oxygen atoms in total. The minimum absolute atomic E-state index is 0.0229. The van der Waals surface area contributed by atoms with Gasteiger partial charge in [0, 0.05) is 17.9 Å². The Bertz CT molecular complexity index is 376. The summed E-state index contributed by atoms with van der Waals surface area (Å²) < 4.78 is 13.3. The predicted molar refractivity (Wildman–Crippen MR) is 69.3 cm³/mol. The summed E-state index contributed by atoms with van der Waals surface area (Å²) in [7, 11) is 0. The van der Waals surface area contributed by atoms with E-state index in [4.69, 9.17) is 11.6 Å². The van der Waals surface area contributed by atoms with E-state index in [-0.39, 0.29) is 11.6 Å². The summed E-state index contributed by atoms with van der Waals surface area (Å²) in [5, 5.41) is 0. The molecule has 0 saturated carbocycles. The fourth-order valence-electron chi connectivity index (χ4n) is 1.64. The first-order valence-electron chi connectivity index (χ1n) is 6.00. The van der Waals surface area contributed by atoms with Crippen molar-refractivity contribution in [2.75, 3.05) is 5.88 Å². The second-order valence-corrected chi connectivity index (χ2v) is 4.62. The molecule has 0 saturated heterocycles. The van der Waals surface area contributed by atoms with Gasteiger partial charge in [0.2, 0.25) is 0 Å². The van der Waals surface area contributed by atoms with E-state index in [0.29, 0.717) is 23.4 Å². The highest BCUT2D eigenvalue weighted by Crippen LogP contribution is 2.13. The third-order valence-corrected chi connectivity index (χ3v) is 3.05. The number of alkyl halides is 1. The zero-order valence-electron chi connectivity index (χ0n) is 10.1. The lowest BCUT2D eigenvalue weighted by molar-refractivity contribution is 0.0978. The number of rotatable bonds is 7. The summed E-state index contributed by atoms with van der Waals surface area (Å²) in [5.74, 6) is 0.393. The Kier molecular flexibility index (Phi) is 6.20. The van der Waals surface area contributed by atoms with Gasteiger partial charge in [-0.25, -0.2) is 4.39 Å². The maximum Gasteiger partial charge on any atom is 0.162 e. The highest BCUT2D eigenvalue weighted by Gasteiger charge is 2.07. The lowest BCUT2D eigenvalue weighted by atomic mass is 10.0. The fraction of sp³-hybridized carbons (Fsp3) is 0.500. The maximum absolute atomic E-state index is 13.3. The molecule has 17 heavy (non-hydrogen) atoms. The van der Waals surface area contributed by atoms with E-state index in [0.717, 1.165) is 25.7 Å². The maximum atomic E-state index is 13.3. The Labute approximate surface area is 107 Å². The molecule has 0 aliphatic rings. The minimum atomic E-state index is -0.307. The van der Waals surface area contributed by atoms with Crippen LogP contribution in [-0.2, 0) is 0 Å². The topological polar surface area (TPSA) is 17.1 Å². The van der Waals surface area contributed by atoms with E-state index in [9.17, 15) is 9.18 Å². The minimum Gasteiger partial charge on any atom is -0.294 e. The van der Waals surface area contributed by atoms with Crippen LogP contribution < -0.4 is 0 Å². The number of benzene rings is 1. The first-order valence-corrected chi connectivity index (χ1v) is 6.54. The number of hydrogen-bond acceptors (Lipinski definition) is 1. The van der Waals surface area contributed by atoms with Crippen LogP contribution in [0.2, 0.25) is 0 Å². The van der Waals surface area contributed by atoms with E-state index in [1.54, 1.807) is 19.1 Å². The van der Waals surface area contributed by atoms with E-state index in [2.05, 4.69) is 0 Å². The van der Waals surface area contributed by atoms with Crippen LogP contribution in [0, 0.1) is 12.7 Å². The number of hydrogen-bond donors (Lipinski definition) is 0. The number of Topliss-reactive ketones (excluding diaryl/α,β-unsaturated/α-hetero) is 1. The molecule has 0 amide bonds. The summed E-state index contributed by atoms with van der Waals surface area (Å²) in [6, 6.07) is 4.67. The van der Waals surface area contributed by atoms with Crippen LogP contribution in [0.4, 0.5) is 4.39 Å². The molecule has 1 aromatic rings. The second-order valence-electron chi connectivity index (χ2n) is 4.24. The number of unbranched alkanes of at least 4 members (excludes halogenated alkanes) is 3. The second kappa shape index (κ2) is 7.44. The zero-order chi connectivity index (χ0) is 12.7. The monoisotopic (exact) mass is 256 g/mol. The highest BCUT2D eigenvalue weighted by atomic mass is 35.5. The first-order chi connectivity index (χ1) is 8.15. The van der Waals surface area contributed by atoms with Gasteiger partial charge in [-0.05, 0) is 31.4 Å². The summed E-state index contributed by atoms with van der Waals surface area (Å²) >= 11 is 5.56. The summed E-state index contributed by atoms with van der Waals surface area (Å²) in [5.41, 5.74) is 1.05. The lowest BCUT2D eigenvalue weighted by Crippen LogP contribution is -2.00. The number of ketones is 1. The Balaban J connectivity index is 2.39. The Morgan fingerprint density at radius 2 is 1.94 bits per heavy atom. The molecule has 0 radical (unpaired) electrons. The molecule has 1 aromatic carbocycles. The first kappa shape index (κ1) is 14.2. The van der Waals surface area contributed by atoms with Gasteiger partial charge in [0.1, 0.15) is 5.82 Å². The van der Waals surface area contributed by atoms with Gasteiger partial charge in [-0.3, -0.25) is 4.79 Å². The van der Waals surface area contributed by atoms with E-state index >= 15 is 0 Å². The summed E-state index contributed by atoms with van der Waals surface area (Å²) in [6.45, 7) is 1.69. The third kappa shape index (κ3) is 4.86. The number of carbonyl (C=O) groups is 1. The summed E-state index contributed by atoms with van der Waals surface area (Å²) in [6.07, 6.45) is 4.40. The highest BCUT2D eigenvalue weighted by molar-refractivity contribution is 6.17. The quantitative estimate of drug-likeness (QED) is 0.399. The van der Waals surface area contributed by atoms with Crippen LogP contribution >= 0.6 is 11.6 Å². The molecule has 0 N–H and O–H groups in total. The largest absolute Gasteiger partial charge is 0.294 e. The molecule has 94 valence electrons. The van der Waals surface area contributed by atoms with Gasteiger partial charge in [-0.15, -0.1) is 11.6 Å². The van der Waals surface area contributed by atoms with Crippen molar-refractivity contribution in [3.8, 4) is 0 Å². The normalized spacial score (nSPS) is 10.5. The fourth-order valence-corrected chi connectivity index (χ4v) is 1.83.